The molecule has 0 radical (unpaired) electrons. The average Bonchev–Trinajstić information content (AvgIpc) is 3.07. The van der Waals surface area contributed by atoms with Crippen LogP contribution in [-0.2, 0) is 30.7 Å². The molecule has 0 unspecified atom stereocenters. The number of aromatic nitrogens is 2. The van der Waals surface area contributed by atoms with Crippen LogP contribution < -0.4 is 11.2 Å². The van der Waals surface area contributed by atoms with Crippen LogP contribution in [0.4, 0.5) is 0 Å². The molecular formula is C26H23ClN2O5. The number of benzene rings is 2. The van der Waals surface area contributed by atoms with Gasteiger partial charge in [-0.05, 0) is 55.2 Å². The molecule has 4 aromatic rings. The molecule has 5 rings (SSSR count). The van der Waals surface area contributed by atoms with E-state index in [-0.39, 0.29) is 17.7 Å². The molecule has 0 spiro atoms. The molecule has 0 amide bonds. The molecule has 2 aromatic heterocycles. The van der Waals surface area contributed by atoms with E-state index in [2.05, 4.69) is 4.98 Å². The van der Waals surface area contributed by atoms with Crippen LogP contribution in [0.1, 0.15) is 53.5 Å². The molecule has 0 aliphatic carbocycles. The van der Waals surface area contributed by atoms with Gasteiger partial charge in [0.05, 0.1) is 16.5 Å². The summed E-state index contributed by atoms with van der Waals surface area (Å²) in [5.41, 5.74) is 1.94. The Kier molecular flexibility index (Phi) is 5.96. The third-order valence-electron chi connectivity index (χ3n) is 6.29. The molecule has 0 fully saturated rings. The third kappa shape index (κ3) is 4.12. The number of nitrogens with zero attached hydrogens (tertiary/aromatic N) is 2. The minimum Gasteiger partial charge on any atom is -0.457 e. The van der Waals surface area contributed by atoms with Gasteiger partial charge in [-0.1, -0.05) is 24.9 Å². The fraction of sp³-hybridized carbons (Fsp3) is 0.308. The van der Waals surface area contributed by atoms with E-state index in [4.69, 9.17) is 20.8 Å². The fourth-order valence-electron chi connectivity index (χ4n) is 4.45. The minimum absolute atomic E-state index is 0.0763. The van der Waals surface area contributed by atoms with Crippen LogP contribution in [0.25, 0.3) is 21.9 Å². The largest absolute Gasteiger partial charge is 0.457 e. The van der Waals surface area contributed by atoms with Crippen LogP contribution in [0.15, 0.2) is 50.4 Å². The second kappa shape index (κ2) is 9.06. The first-order valence-corrected chi connectivity index (χ1v) is 11.8. The molecule has 0 atom stereocenters. The lowest BCUT2D eigenvalue weighted by molar-refractivity contribution is 0.0474. The van der Waals surface area contributed by atoms with Crippen LogP contribution in [-0.4, -0.2) is 15.5 Å². The van der Waals surface area contributed by atoms with E-state index >= 15 is 0 Å². The lowest BCUT2D eigenvalue weighted by Crippen LogP contribution is -2.24. The van der Waals surface area contributed by atoms with E-state index in [1.54, 1.807) is 34.9 Å². The molecule has 1 aliphatic rings. The number of aryl methyl sites for hydroxylation is 2. The number of halogens is 1. The number of carbonyl (C=O) groups is 1. The molecule has 34 heavy (non-hydrogen) atoms. The highest BCUT2D eigenvalue weighted by Gasteiger charge is 2.17. The average molecular weight is 479 g/mol. The Hall–Kier alpha value is -3.45. The number of carbonyl (C=O) groups excluding carboxylic acids is 1. The number of esters is 1. The first-order valence-electron chi connectivity index (χ1n) is 11.4. The van der Waals surface area contributed by atoms with Crippen molar-refractivity contribution in [2.75, 3.05) is 0 Å². The summed E-state index contributed by atoms with van der Waals surface area (Å²) in [6.07, 6.45) is 4.45. The first-order chi connectivity index (χ1) is 16.4. The molecule has 0 bridgehead atoms. The molecule has 0 saturated heterocycles. The second-order valence-electron chi connectivity index (χ2n) is 8.49. The summed E-state index contributed by atoms with van der Waals surface area (Å²) in [5.74, 6) is 0.183. The van der Waals surface area contributed by atoms with Gasteiger partial charge >= 0.3 is 11.6 Å². The summed E-state index contributed by atoms with van der Waals surface area (Å²) < 4.78 is 12.6. The first kappa shape index (κ1) is 22.3. The summed E-state index contributed by atoms with van der Waals surface area (Å²) in [6, 6.07) is 9.54. The highest BCUT2D eigenvalue weighted by Crippen LogP contribution is 2.27. The van der Waals surface area contributed by atoms with Gasteiger partial charge in [-0.15, -0.1) is 0 Å². The minimum atomic E-state index is -0.573. The van der Waals surface area contributed by atoms with Gasteiger partial charge in [0.25, 0.3) is 5.56 Å². The van der Waals surface area contributed by atoms with Gasteiger partial charge in [0.2, 0.25) is 0 Å². The van der Waals surface area contributed by atoms with E-state index in [0.717, 1.165) is 37.1 Å². The molecule has 8 heteroatoms. The quantitative estimate of drug-likeness (QED) is 0.309. The Balaban J connectivity index is 1.44. The summed E-state index contributed by atoms with van der Waals surface area (Å²) in [6.45, 7) is 2.51. The van der Waals surface area contributed by atoms with Crippen LogP contribution in [0.5, 0.6) is 0 Å². The monoisotopic (exact) mass is 478 g/mol. The third-order valence-corrected chi connectivity index (χ3v) is 6.64. The summed E-state index contributed by atoms with van der Waals surface area (Å²) >= 11 is 6.34. The Bertz CT molecular complexity index is 1550. The van der Waals surface area contributed by atoms with Gasteiger partial charge in [-0.3, -0.25) is 9.36 Å². The zero-order valence-electron chi connectivity index (χ0n) is 18.7. The molecule has 2 aromatic carbocycles. The van der Waals surface area contributed by atoms with Gasteiger partial charge in [0.15, 0.2) is 0 Å². The van der Waals surface area contributed by atoms with Gasteiger partial charge in [0.1, 0.15) is 18.0 Å². The Morgan fingerprint density at radius 3 is 2.76 bits per heavy atom. The number of fused-ring (bicyclic) bond motifs is 3. The smallest absolute Gasteiger partial charge is 0.338 e. The van der Waals surface area contributed by atoms with E-state index in [1.165, 1.54) is 6.07 Å². The highest BCUT2D eigenvalue weighted by atomic mass is 35.5. The number of hydrogen-bond acceptors (Lipinski definition) is 6. The second-order valence-corrected chi connectivity index (χ2v) is 8.89. The van der Waals surface area contributed by atoms with Crippen molar-refractivity contribution in [1.82, 2.24) is 9.55 Å². The summed E-state index contributed by atoms with van der Waals surface area (Å²) in [7, 11) is 0. The van der Waals surface area contributed by atoms with E-state index in [9.17, 15) is 14.4 Å². The van der Waals surface area contributed by atoms with Crippen molar-refractivity contribution < 1.29 is 13.9 Å². The number of hydrogen-bond donors (Lipinski definition) is 0. The van der Waals surface area contributed by atoms with Crippen molar-refractivity contribution in [2.24, 2.45) is 0 Å². The Labute approximate surface area is 199 Å². The van der Waals surface area contributed by atoms with Crippen LogP contribution in [0.3, 0.4) is 0 Å². The molecule has 0 N–H and O–H groups in total. The lowest BCUT2D eigenvalue weighted by Gasteiger charge is -2.11. The maximum atomic E-state index is 12.9. The Morgan fingerprint density at radius 2 is 1.94 bits per heavy atom. The molecule has 174 valence electrons. The maximum Gasteiger partial charge on any atom is 0.338 e. The topological polar surface area (TPSA) is 91.4 Å². The predicted molar refractivity (Wildman–Crippen MR) is 130 cm³/mol. The summed E-state index contributed by atoms with van der Waals surface area (Å²) in [4.78, 5) is 42.4. The van der Waals surface area contributed by atoms with E-state index in [1.807, 2.05) is 6.92 Å². The highest BCUT2D eigenvalue weighted by molar-refractivity contribution is 6.32. The molecule has 0 saturated carbocycles. The molecule has 1 aliphatic heterocycles. The van der Waals surface area contributed by atoms with Crippen molar-refractivity contribution in [1.29, 1.82) is 0 Å². The van der Waals surface area contributed by atoms with E-state index in [0.29, 0.717) is 45.4 Å². The summed E-state index contributed by atoms with van der Waals surface area (Å²) in [5, 5.41) is 1.66. The van der Waals surface area contributed by atoms with Crippen LogP contribution in [0.2, 0.25) is 5.02 Å². The van der Waals surface area contributed by atoms with Crippen molar-refractivity contribution in [3.8, 4) is 0 Å². The van der Waals surface area contributed by atoms with Crippen molar-refractivity contribution in [3.63, 3.8) is 0 Å². The SMILES string of the molecule is CCc1cc2oc(=O)cc(COC(=O)c3ccc4c(=O)n5c(nc4c3)CCCCC5)c2cc1Cl. The Morgan fingerprint density at radius 1 is 1.09 bits per heavy atom. The van der Waals surface area contributed by atoms with Gasteiger partial charge in [-0.25, -0.2) is 14.6 Å². The number of rotatable bonds is 4. The lowest BCUT2D eigenvalue weighted by atomic mass is 10.1. The normalized spacial score (nSPS) is 13.6. The number of ether oxygens (including phenoxy) is 1. The van der Waals surface area contributed by atoms with Crippen molar-refractivity contribution >= 4 is 39.4 Å². The zero-order chi connectivity index (χ0) is 23.8. The zero-order valence-corrected chi connectivity index (χ0v) is 19.5. The predicted octanol–water partition coefficient (Wildman–Crippen LogP) is 4.80. The van der Waals surface area contributed by atoms with Crippen LogP contribution >= 0.6 is 11.6 Å². The molecule has 3 heterocycles. The van der Waals surface area contributed by atoms with Crippen molar-refractivity contribution in [2.45, 2.75) is 52.2 Å². The molecule has 7 nitrogen and oxygen atoms in total. The fourth-order valence-corrected chi connectivity index (χ4v) is 4.75. The van der Waals surface area contributed by atoms with Gasteiger partial charge in [0, 0.05) is 35.0 Å². The van der Waals surface area contributed by atoms with E-state index < -0.39 is 11.6 Å². The standard InChI is InChI=1S/C26H23ClN2O5/c1-2-15-11-22-19(13-20(15)27)17(12-24(30)34-22)14-33-26(32)16-7-8-18-21(10-16)28-23-6-4-3-5-9-29(23)25(18)31/h7-8,10-13H,2-6,9,14H2,1H3. The maximum absolute atomic E-state index is 12.9. The van der Waals surface area contributed by atoms with Gasteiger partial charge in [-0.2, -0.15) is 0 Å². The van der Waals surface area contributed by atoms with Crippen LogP contribution in [0, 0.1) is 0 Å². The van der Waals surface area contributed by atoms with Gasteiger partial charge < -0.3 is 9.15 Å². The van der Waals surface area contributed by atoms with Crippen molar-refractivity contribution in [3.05, 3.63) is 84.7 Å². The molecular weight excluding hydrogens is 456 g/mol.